The summed E-state index contributed by atoms with van der Waals surface area (Å²) in [4.78, 5) is 0. The number of phenols is 1. The van der Waals surface area contributed by atoms with E-state index in [0.29, 0.717) is 29.9 Å². The average molecular weight is 341 g/mol. The second-order valence-corrected chi connectivity index (χ2v) is 8.82. The highest BCUT2D eigenvalue weighted by Crippen LogP contribution is 2.65. The molecule has 25 heavy (non-hydrogen) atoms. The lowest BCUT2D eigenvalue weighted by atomic mass is 9.51. The highest BCUT2D eigenvalue weighted by Gasteiger charge is 2.66. The van der Waals surface area contributed by atoms with Crippen LogP contribution in [-0.4, -0.2) is 27.0 Å². The second kappa shape index (κ2) is 5.46. The number of aliphatic hydroxyl groups excluding tert-OH is 1. The van der Waals surface area contributed by atoms with Crippen LogP contribution in [0.1, 0.15) is 56.6 Å². The largest absolute Gasteiger partial charge is 0.508 e. The molecule has 4 heteroatoms. The molecule has 0 aliphatic heterocycles. The number of phenolic OH excluding ortho intramolecular Hbond substituents is 1. The Labute approximate surface area is 149 Å². The van der Waals surface area contributed by atoms with Gasteiger partial charge in [-0.3, -0.25) is 0 Å². The van der Waals surface area contributed by atoms with Crippen LogP contribution in [0.15, 0.2) is 18.2 Å². The van der Waals surface area contributed by atoms with Gasteiger partial charge in [0.25, 0.3) is 0 Å². The minimum absolute atomic E-state index is 0.00259. The highest BCUT2D eigenvalue weighted by atomic mass is 16.3. The van der Waals surface area contributed by atoms with Crippen molar-refractivity contribution in [2.24, 2.45) is 23.2 Å². The van der Waals surface area contributed by atoms with Crippen molar-refractivity contribution >= 4 is 0 Å². The first-order valence-electron chi connectivity index (χ1n) is 9.41. The Kier molecular flexibility index (Phi) is 3.69. The number of benzene rings is 1. The van der Waals surface area contributed by atoms with E-state index in [-0.39, 0.29) is 12.3 Å². The Morgan fingerprint density at radius 3 is 2.84 bits per heavy atom. The fourth-order valence-corrected chi connectivity index (χ4v) is 6.52. The Hall–Kier alpha value is -1.57. The van der Waals surface area contributed by atoms with Gasteiger partial charge in [-0.15, -0.1) is 0 Å². The number of nitriles is 1. The predicted octanol–water partition coefficient (Wildman–Crippen LogP) is 3.11. The van der Waals surface area contributed by atoms with E-state index >= 15 is 0 Å². The first kappa shape index (κ1) is 16.9. The molecule has 0 radical (unpaired) electrons. The lowest BCUT2D eigenvalue weighted by Crippen LogP contribution is -2.54. The highest BCUT2D eigenvalue weighted by molar-refractivity contribution is 5.41. The molecule has 0 saturated heterocycles. The molecule has 0 amide bonds. The molecule has 2 fully saturated rings. The van der Waals surface area contributed by atoms with E-state index in [0.717, 1.165) is 19.3 Å². The van der Waals surface area contributed by atoms with Gasteiger partial charge in [0, 0.05) is 5.41 Å². The van der Waals surface area contributed by atoms with Crippen LogP contribution in [0.3, 0.4) is 0 Å². The van der Waals surface area contributed by atoms with Crippen molar-refractivity contribution in [3.63, 3.8) is 0 Å². The van der Waals surface area contributed by atoms with E-state index in [1.807, 2.05) is 6.07 Å². The molecular weight excluding hydrogens is 314 g/mol. The third kappa shape index (κ3) is 2.12. The van der Waals surface area contributed by atoms with Gasteiger partial charge in [0.1, 0.15) is 11.4 Å². The number of fused-ring (bicyclic) bond motifs is 5. The molecule has 7 atom stereocenters. The van der Waals surface area contributed by atoms with Crippen LogP contribution < -0.4 is 0 Å². The summed E-state index contributed by atoms with van der Waals surface area (Å²) in [5, 5.41) is 40.9. The summed E-state index contributed by atoms with van der Waals surface area (Å²) in [7, 11) is 0. The zero-order valence-corrected chi connectivity index (χ0v) is 14.9. The summed E-state index contributed by atoms with van der Waals surface area (Å²) in [5.41, 5.74) is 0.856. The van der Waals surface area contributed by atoms with Crippen molar-refractivity contribution in [1.29, 1.82) is 5.26 Å². The maximum Gasteiger partial charge on any atom is 0.115 e. The predicted molar refractivity (Wildman–Crippen MR) is 93.8 cm³/mol. The first-order valence-corrected chi connectivity index (χ1v) is 9.41. The lowest BCUT2D eigenvalue weighted by Gasteiger charge is -2.54. The van der Waals surface area contributed by atoms with Crippen LogP contribution in [0.5, 0.6) is 5.75 Å². The Balaban J connectivity index is 1.76. The molecule has 134 valence electrons. The lowest BCUT2D eigenvalue weighted by molar-refractivity contribution is -0.141. The summed E-state index contributed by atoms with van der Waals surface area (Å²) < 4.78 is 0. The summed E-state index contributed by atoms with van der Waals surface area (Å²) in [6.07, 6.45) is 2.45. The Bertz CT molecular complexity index is 741. The number of hydrogen-bond acceptors (Lipinski definition) is 4. The zero-order valence-electron chi connectivity index (χ0n) is 14.9. The van der Waals surface area contributed by atoms with E-state index in [2.05, 4.69) is 26.0 Å². The molecule has 4 rings (SSSR count). The van der Waals surface area contributed by atoms with Crippen molar-refractivity contribution in [2.75, 3.05) is 0 Å². The van der Waals surface area contributed by atoms with E-state index < -0.39 is 17.1 Å². The van der Waals surface area contributed by atoms with Crippen LogP contribution >= 0.6 is 0 Å². The van der Waals surface area contributed by atoms with Gasteiger partial charge in [-0.2, -0.15) is 5.26 Å². The molecule has 4 nitrogen and oxygen atoms in total. The van der Waals surface area contributed by atoms with Gasteiger partial charge >= 0.3 is 0 Å². The topological polar surface area (TPSA) is 84.5 Å². The molecule has 0 heterocycles. The van der Waals surface area contributed by atoms with Crippen molar-refractivity contribution in [2.45, 2.75) is 63.6 Å². The maximum atomic E-state index is 11.2. The fourth-order valence-electron chi connectivity index (χ4n) is 6.52. The molecule has 3 N–H and O–H groups in total. The third-order valence-corrected chi connectivity index (χ3v) is 7.81. The SMILES string of the molecule is C[C@@H]1Cc2cc(O)ccc2[C@H]2CC[C@@]3(C)[C@@H](C[C@@H](O)[C@@]3(O)CC#N)[C@H]12. The van der Waals surface area contributed by atoms with Gasteiger partial charge in [-0.05, 0) is 72.6 Å². The molecule has 3 aliphatic carbocycles. The smallest absolute Gasteiger partial charge is 0.115 e. The normalized spacial score (nSPS) is 45.2. The second-order valence-electron chi connectivity index (χ2n) is 8.82. The molecule has 3 aliphatic rings. The van der Waals surface area contributed by atoms with Gasteiger partial charge in [0.2, 0.25) is 0 Å². The molecule has 0 bridgehead atoms. The third-order valence-electron chi connectivity index (χ3n) is 7.81. The molecule has 2 saturated carbocycles. The van der Waals surface area contributed by atoms with Crippen LogP contribution in [-0.2, 0) is 6.42 Å². The summed E-state index contributed by atoms with van der Waals surface area (Å²) >= 11 is 0. The van der Waals surface area contributed by atoms with E-state index in [9.17, 15) is 20.6 Å². The van der Waals surface area contributed by atoms with Crippen LogP contribution in [0, 0.1) is 34.5 Å². The van der Waals surface area contributed by atoms with Gasteiger partial charge in [-0.1, -0.05) is 19.9 Å². The van der Waals surface area contributed by atoms with Gasteiger partial charge in [0.15, 0.2) is 0 Å². The van der Waals surface area contributed by atoms with Crippen molar-refractivity contribution in [3.05, 3.63) is 29.3 Å². The minimum atomic E-state index is -1.30. The van der Waals surface area contributed by atoms with Crippen molar-refractivity contribution in [3.8, 4) is 11.8 Å². The molecule has 0 unspecified atom stereocenters. The number of nitrogens with zero attached hydrogens (tertiary/aromatic N) is 1. The van der Waals surface area contributed by atoms with E-state index in [1.165, 1.54) is 11.1 Å². The number of aliphatic hydroxyl groups is 2. The zero-order chi connectivity index (χ0) is 18.0. The molecule has 1 aromatic rings. The average Bonchev–Trinajstić information content (AvgIpc) is 2.75. The standard InChI is InChI=1S/C21H27NO3/c1-12-9-13-10-14(23)3-4-15(13)16-5-6-20(2)17(19(12)16)11-18(24)21(20,25)7-8-22/h3-4,10,12,16-19,23-25H,5-7,9,11H2,1-2H3/t12-,16-,17+,18-,19-,20+,21+/m1/s1. The van der Waals surface area contributed by atoms with Crippen LogP contribution in [0.4, 0.5) is 0 Å². The van der Waals surface area contributed by atoms with Crippen molar-refractivity contribution < 1.29 is 15.3 Å². The first-order chi connectivity index (χ1) is 11.8. The number of hydrogen-bond donors (Lipinski definition) is 3. The Morgan fingerprint density at radius 1 is 1.36 bits per heavy atom. The molecule has 1 aromatic carbocycles. The molecule has 0 spiro atoms. The van der Waals surface area contributed by atoms with Gasteiger partial charge < -0.3 is 15.3 Å². The van der Waals surface area contributed by atoms with Crippen molar-refractivity contribution in [1.82, 2.24) is 0 Å². The van der Waals surface area contributed by atoms with Crippen LogP contribution in [0.2, 0.25) is 0 Å². The van der Waals surface area contributed by atoms with Gasteiger partial charge in [-0.25, -0.2) is 0 Å². The van der Waals surface area contributed by atoms with Crippen LogP contribution in [0.25, 0.3) is 0 Å². The summed E-state index contributed by atoms with van der Waals surface area (Å²) in [6, 6.07) is 7.83. The van der Waals surface area contributed by atoms with Gasteiger partial charge in [0.05, 0.1) is 18.6 Å². The molecular formula is C21H27NO3. The summed E-state index contributed by atoms with van der Waals surface area (Å²) in [6.45, 7) is 4.34. The minimum Gasteiger partial charge on any atom is -0.508 e. The molecule has 0 aromatic heterocycles. The van der Waals surface area contributed by atoms with E-state index in [1.54, 1.807) is 6.07 Å². The summed E-state index contributed by atoms with van der Waals surface area (Å²) in [5.74, 6) is 1.79. The quantitative estimate of drug-likeness (QED) is 0.733. The Morgan fingerprint density at radius 2 is 2.12 bits per heavy atom. The maximum absolute atomic E-state index is 11.2. The number of rotatable bonds is 1. The van der Waals surface area contributed by atoms with E-state index in [4.69, 9.17) is 0 Å². The monoisotopic (exact) mass is 341 g/mol. The number of aromatic hydroxyl groups is 1. The fraction of sp³-hybridized carbons (Fsp3) is 0.667.